The fourth-order valence-electron chi connectivity index (χ4n) is 2.17. The van der Waals surface area contributed by atoms with Crippen molar-refractivity contribution >= 4 is 0 Å². The number of aryl methyl sites for hydroxylation is 2. The van der Waals surface area contributed by atoms with Crippen molar-refractivity contribution in [3.8, 4) is 0 Å². The van der Waals surface area contributed by atoms with Gasteiger partial charge >= 0.3 is 0 Å². The Morgan fingerprint density at radius 3 is 2.67 bits per heavy atom. The van der Waals surface area contributed by atoms with Gasteiger partial charge in [-0.1, -0.05) is 6.92 Å². The molecule has 1 heterocycles. The van der Waals surface area contributed by atoms with E-state index in [4.69, 9.17) is 4.74 Å². The van der Waals surface area contributed by atoms with Crippen LogP contribution in [-0.4, -0.2) is 29.5 Å². The first-order chi connectivity index (χ1) is 8.43. The van der Waals surface area contributed by atoms with Crippen LogP contribution in [0.4, 0.5) is 0 Å². The summed E-state index contributed by atoms with van der Waals surface area (Å²) in [6, 6.07) is 0.350. The van der Waals surface area contributed by atoms with Crippen molar-refractivity contribution in [2.75, 3.05) is 14.2 Å². The highest BCUT2D eigenvalue weighted by molar-refractivity contribution is 5.21. The highest BCUT2D eigenvalue weighted by Crippen LogP contribution is 2.26. The summed E-state index contributed by atoms with van der Waals surface area (Å²) in [5.74, 6) is 0. The quantitative estimate of drug-likeness (QED) is 0.811. The standard InChI is InChI=1S/C14H27N3O/c1-7-12-11(10-17(5)16-12)13(15-4)8-9-14(2,3)18-6/h10,13,15H,7-9H2,1-6H3. The maximum Gasteiger partial charge on any atom is 0.0669 e. The topological polar surface area (TPSA) is 39.1 Å². The van der Waals surface area contributed by atoms with E-state index in [9.17, 15) is 0 Å². The van der Waals surface area contributed by atoms with Crippen molar-refractivity contribution < 1.29 is 4.74 Å². The molecule has 0 radical (unpaired) electrons. The van der Waals surface area contributed by atoms with Crippen LogP contribution in [0, 0.1) is 0 Å². The first-order valence-electron chi connectivity index (χ1n) is 6.68. The number of ether oxygens (including phenoxy) is 1. The SMILES string of the molecule is CCc1nn(C)cc1C(CCC(C)(C)OC)NC. The third-order valence-corrected chi connectivity index (χ3v) is 3.58. The molecule has 0 aliphatic heterocycles. The lowest BCUT2D eigenvalue weighted by Crippen LogP contribution is -2.26. The monoisotopic (exact) mass is 253 g/mol. The van der Waals surface area contributed by atoms with Crippen LogP contribution in [0.1, 0.15) is 50.9 Å². The van der Waals surface area contributed by atoms with Gasteiger partial charge in [-0.25, -0.2) is 0 Å². The predicted octanol–water partition coefficient (Wildman–Crippen LogP) is 2.45. The summed E-state index contributed by atoms with van der Waals surface area (Å²) in [5.41, 5.74) is 2.44. The van der Waals surface area contributed by atoms with Gasteiger partial charge in [-0.2, -0.15) is 5.10 Å². The third kappa shape index (κ3) is 3.82. The van der Waals surface area contributed by atoms with Crippen molar-refractivity contribution in [2.45, 2.75) is 51.7 Å². The van der Waals surface area contributed by atoms with Gasteiger partial charge in [0.2, 0.25) is 0 Å². The lowest BCUT2D eigenvalue weighted by atomic mass is 9.95. The lowest BCUT2D eigenvalue weighted by molar-refractivity contribution is 0.0118. The fraction of sp³-hybridized carbons (Fsp3) is 0.786. The normalized spacial score (nSPS) is 13.9. The molecule has 0 spiro atoms. The molecule has 0 aromatic carbocycles. The number of nitrogens with zero attached hydrogens (tertiary/aromatic N) is 2. The Morgan fingerprint density at radius 1 is 1.50 bits per heavy atom. The van der Waals surface area contributed by atoms with E-state index in [1.54, 1.807) is 7.11 Å². The lowest BCUT2D eigenvalue weighted by Gasteiger charge is -2.25. The van der Waals surface area contributed by atoms with Crippen molar-refractivity contribution in [1.29, 1.82) is 0 Å². The largest absolute Gasteiger partial charge is 0.379 e. The Morgan fingerprint density at radius 2 is 2.17 bits per heavy atom. The van der Waals surface area contributed by atoms with Gasteiger partial charge in [-0.15, -0.1) is 0 Å². The van der Waals surface area contributed by atoms with E-state index in [0.717, 1.165) is 19.3 Å². The van der Waals surface area contributed by atoms with E-state index in [2.05, 4.69) is 37.4 Å². The molecular weight excluding hydrogens is 226 g/mol. The predicted molar refractivity (Wildman–Crippen MR) is 74.7 cm³/mol. The zero-order valence-corrected chi connectivity index (χ0v) is 12.6. The third-order valence-electron chi connectivity index (χ3n) is 3.58. The van der Waals surface area contributed by atoms with Crippen LogP contribution in [-0.2, 0) is 18.2 Å². The Hall–Kier alpha value is -0.870. The number of rotatable bonds is 7. The molecule has 1 aromatic heterocycles. The molecule has 0 saturated carbocycles. The number of methoxy groups -OCH3 is 1. The zero-order chi connectivity index (χ0) is 13.8. The van der Waals surface area contributed by atoms with Crippen LogP contribution in [0.15, 0.2) is 6.20 Å². The van der Waals surface area contributed by atoms with Crippen molar-refractivity contribution in [3.05, 3.63) is 17.5 Å². The molecule has 1 atom stereocenters. The summed E-state index contributed by atoms with van der Waals surface area (Å²) in [6.45, 7) is 6.41. The summed E-state index contributed by atoms with van der Waals surface area (Å²) in [5, 5.41) is 7.90. The molecule has 1 N–H and O–H groups in total. The van der Waals surface area contributed by atoms with E-state index in [-0.39, 0.29) is 5.60 Å². The molecule has 4 nitrogen and oxygen atoms in total. The molecule has 0 saturated heterocycles. The average Bonchev–Trinajstić information content (AvgIpc) is 2.71. The van der Waals surface area contributed by atoms with Gasteiger partial charge in [0, 0.05) is 32.0 Å². The molecule has 1 rings (SSSR count). The Kier molecular flexibility index (Phi) is 5.35. The summed E-state index contributed by atoms with van der Waals surface area (Å²) >= 11 is 0. The van der Waals surface area contributed by atoms with E-state index in [1.165, 1.54) is 11.3 Å². The van der Waals surface area contributed by atoms with Crippen LogP contribution in [0.25, 0.3) is 0 Å². The second-order valence-electron chi connectivity index (χ2n) is 5.40. The van der Waals surface area contributed by atoms with Crippen LogP contribution in [0.2, 0.25) is 0 Å². The molecule has 1 unspecified atom stereocenters. The van der Waals surface area contributed by atoms with Crippen LogP contribution < -0.4 is 5.32 Å². The maximum absolute atomic E-state index is 5.48. The highest BCUT2D eigenvalue weighted by Gasteiger charge is 2.21. The van der Waals surface area contributed by atoms with Gasteiger partial charge in [-0.05, 0) is 40.2 Å². The summed E-state index contributed by atoms with van der Waals surface area (Å²) in [7, 11) is 5.77. The minimum Gasteiger partial charge on any atom is -0.379 e. The Balaban J connectivity index is 2.77. The van der Waals surface area contributed by atoms with Crippen molar-refractivity contribution in [2.24, 2.45) is 7.05 Å². The van der Waals surface area contributed by atoms with Gasteiger partial charge in [0.05, 0.1) is 11.3 Å². The summed E-state index contributed by atoms with van der Waals surface area (Å²) in [6.07, 6.45) is 5.17. The number of hydrogen-bond acceptors (Lipinski definition) is 3. The second-order valence-corrected chi connectivity index (χ2v) is 5.40. The number of hydrogen-bond donors (Lipinski definition) is 1. The van der Waals surface area contributed by atoms with Crippen LogP contribution in [0.3, 0.4) is 0 Å². The molecular formula is C14H27N3O. The maximum atomic E-state index is 5.48. The smallest absolute Gasteiger partial charge is 0.0669 e. The second kappa shape index (κ2) is 6.34. The first kappa shape index (κ1) is 15.2. The summed E-state index contributed by atoms with van der Waals surface area (Å²) in [4.78, 5) is 0. The summed E-state index contributed by atoms with van der Waals surface area (Å²) < 4.78 is 7.38. The van der Waals surface area contributed by atoms with E-state index in [1.807, 2.05) is 18.8 Å². The van der Waals surface area contributed by atoms with Crippen molar-refractivity contribution in [1.82, 2.24) is 15.1 Å². The minimum absolute atomic E-state index is 0.0658. The van der Waals surface area contributed by atoms with E-state index >= 15 is 0 Å². The number of nitrogens with one attached hydrogen (secondary N) is 1. The van der Waals surface area contributed by atoms with Crippen LogP contribution >= 0.6 is 0 Å². The van der Waals surface area contributed by atoms with E-state index in [0.29, 0.717) is 6.04 Å². The molecule has 4 heteroatoms. The first-order valence-corrected chi connectivity index (χ1v) is 6.68. The molecule has 1 aromatic rings. The average molecular weight is 253 g/mol. The van der Waals surface area contributed by atoms with Crippen LogP contribution in [0.5, 0.6) is 0 Å². The number of aromatic nitrogens is 2. The Labute approximate surface area is 111 Å². The molecule has 0 aliphatic carbocycles. The van der Waals surface area contributed by atoms with Gasteiger partial charge in [0.15, 0.2) is 0 Å². The minimum atomic E-state index is -0.0658. The van der Waals surface area contributed by atoms with Gasteiger partial charge in [-0.3, -0.25) is 4.68 Å². The van der Waals surface area contributed by atoms with E-state index < -0.39 is 0 Å². The van der Waals surface area contributed by atoms with Gasteiger partial charge in [0.25, 0.3) is 0 Å². The highest BCUT2D eigenvalue weighted by atomic mass is 16.5. The van der Waals surface area contributed by atoms with Crippen molar-refractivity contribution in [3.63, 3.8) is 0 Å². The Bertz CT molecular complexity index is 371. The molecule has 0 aliphatic rings. The fourth-order valence-corrected chi connectivity index (χ4v) is 2.17. The molecule has 18 heavy (non-hydrogen) atoms. The molecule has 0 fully saturated rings. The molecule has 0 bridgehead atoms. The molecule has 104 valence electrons. The zero-order valence-electron chi connectivity index (χ0n) is 12.6. The van der Waals surface area contributed by atoms with Gasteiger partial charge in [0.1, 0.15) is 0 Å². The van der Waals surface area contributed by atoms with Gasteiger partial charge < -0.3 is 10.1 Å². The molecule has 0 amide bonds.